The lowest BCUT2D eigenvalue weighted by Gasteiger charge is -2.17. The Kier molecular flexibility index (Phi) is 7.98. The number of aromatic hydroxyl groups is 1. The standard InChI is InChI=1S/C18H18N2O.BrH/c19-13-7-15-20(17-11-4-5-12-18(17)21)14-6-10-16-8-2-1-3-9-16;/h1-6,8-12,21H,7,14-15H2;1H. The topological polar surface area (TPSA) is 48.5 Å². The van der Waals surface area contributed by atoms with Crippen LogP contribution >= 0.6 is 0 Å². The first-order valence-corrected chi connectivity index (χ1v) is 7.03. The maximum atomic E-state index is 9.97. The number of nitrogens with zero attached hydrogens (tertiary/aromatic N) is 1. The van der Waals surface area contributed by atoms with Crippen LogP contribution in [0, 0.1) is 11.3 Å². The van der Waals surface area contributed by atoms with Gasteiger partial charge in [0.05, 0.1) is 19.0 Å². The third kappa shape index (κ3) is 5.36. The second-order valence-electron chi connectivity index (χ2n) is 4.80. The van der Waals surface area contributed by atoms with Gasteiger partial charge in [0.1, 0.15) is 6.54 Å². The van der Waals surface area contributed by atoms with Crippen molar-refractivity contribution in [1.29, 1.82) is 5.26 Å². The Balaban J connectivity index is 0.00000242. The summed E-state index contributed by atoms with van der Waals surface area (Å²) in [7, 11) is 0. The Morgan fingerprint density at radius 3 is 2.41 bits per heavy atom. The molecule has 0 heterocycles. The Hall–Kier alpha value is -2.09. The zero-order valence-corrected chi connectivity index (χ0v) is 13.8. The van der Waals surface area contributed by atoms with E-state index in [-0.39, 0.29) is 22.7 Å². The summed E-state index contributed by atoms with van der Waals surface area (Å²) in [5.41, 5.74) is 1.99. The van der Waals surface area contributed by atoms with Gasteiger partial charge in [0.15, 0.2) is 11.4 Å². The third-order valence-electron chi connectivity index (χ3n) is 3.30. The van der Waals surface area contributed by atoms with Crippen molar-refractivity contribution in [1.82, 2.24) is 0 Å². The van der Waals surface area contributed by atoms with E-state index in [4.69, 9.17) is 5.26 Å². The van der Waals surface area contributed by atoms with Crippen LogP contribution in [0.4, 0.5) is 5.69 Å². The average molecular weight is 359 g/mol. The van der Waals surface area contributed by atoms with Crippen molar-refractivity contribution in [2.24, 2.45) is 0 Å². The first-order valence-electron chi connectivity index (χ1n) is 7.03. The Bertz CT molecular complexity index is 635. The van der Waals surface area contributed by atoms with Crippen LogP contribution in [0.15, 0.2) is 60.7 Å². The summed E-state index contributed by atoms with van der Waals surface area (Å²) < 4.78 is 0. The number of halogens is 1. The molecule has 22 heavy (non-hydrogen) atoms. The molecule has 0 aliphatic carbocycles. The van der Waals surface area contributed by atoms with Crippen molar-refractivity contribution in [2.45, 2.75) is 6.42 Å². The molecule has 4 heteroatoms. The van der Waals surface area contributed by atoms with Crippen LogP contribution in [0.1, 0.15) is 12.0 Å². The van der Waals surface area contributed by atoms with Gasteiger partial charge < -0.3 is 22.1 Å². The van der Waals surface area contributed by atoms with E-state index in [1.165, 1.54) is 0 Å². The zero-order valence-electron chi connectivity index (χ0n) is 12.2. The molecule has 0 spiro atoms. The van der Waals surface area contributed by atoms with Gasteiger partial charge >= 0.3 is 0 Å². The van der Waals surface area contributed by atoms with Crippen LogP contribution in [0.25, 0.3) is 6.08 Å². The van der Waals surface area contributed by atoms with E-state index in [1.807, 2.05) is 42.5 Å². The number of para-hydroxylation sites is 2. The number of nitriles is 1. The minimum Gasteiger partial charge on any atom is -1.00 e. The number of hydrogen-bond donors (Lipinski definition) is 2. The first-order chi connectivity index (χ1) is 10.3. The summed E-state index contributed by atoms with van der Waals surface area (Å²) in [5.74, 6) is 0.276. The monoisotopic (exact) mass is 358 g/mol. The summed E-state index contributed by atoms with van der Waals surface area (Å²) in [6.45, 7) is 1.40. The maximum absolute atomic E-state index is 9.97. The van der Waals surface area contributed by atoms with Crippen molar-refractivity contribution in [2.75, 3.05) is 13.1 Å². The number of hydrogen-bond acceptors (Lipinski definition) is 2. The molecule has 0 aliphatic rings. The van der Waals surface area contributed by atoms with Crippen molar-refractivity contribution in [3.8, 4) is 11.8 Å². The van der Waals surface area contributed by atoms with Gasteiger partial charge in [0.2, 0.25) is 0 Å². The highest BCUT2D eigenvalue weighted by Gasteiger charge is 2.14. The molecular weight excluding hydrogens is 340 g/mol. The van der Waals surface area contributed by atoms with E-state index in [2.05, 4.69) is 18.2 Å². The molecule has 0 radical (unpaired) electrons. The first kappa shape index (κ1) is 18.0. The summed E-state index contributed by atoms with van der Waals surface area (Å²) in [6, 6.07) is 19.6. The normalized spacial score (nSPS) is 11.6. The van der Waals surface area contributed by atoms with E-state index in [0.717, 1.165) is 22.7 Å². The predicted octanol–water partition coefficient (Wildman–Crippen LogP) is -0.460. The largest absolute Gasteiger partial charge is 1.00 e. The maximum Gasteiger partial charge on any atom is 0.177 e. The second kappa shape index (κ2) is 9.78. The lowest BCUT2D eigenvalue weighted by atomic mass is 10.2. The molecule has 0 fully saturated rings. The quantitative estimate of drug-likeness (QED) is 0.686. The molecule has 114 valence electrons. The Morgan fingerprint density at radius 1 is 1.05 bits per heavy atom. The van der Waals surface area contributed by atoms with Gasteiger partial charge in [-0.3, -0.25) is 4.90 Å². The lowest BCUT2D eigenvalue weighted by molar-refractivity contribution is -0.825. The van der Waals surface area contributed by atoms with Gasteiger partial charge in [-0.15, -0.1) is 0 Å². The molecule has 0 saturated carbocycles. The van der Waals surface area contributed by atoms with Crippen molar-refractivity contribution >= 4 is 11.8 Å². The van der Waals surface area contributed by atoms with Crippen LogP contribution in [-0.4, -0.2) is 18.2 Å². The van der Waals surface area contributed by atoms with Crippen LogP contribution in [-0.2, 0) is 0 Å². The third-order valence-corrected chi connectivity index (χ3v) is 3.30. The van der Waals surface area contributed by atoms with Gasteiger partial charge in [-0.05, 0) is 17.7 Å². The molecule has 0 amide bonds. The number of nitrogens with one attached hydrogen (secondary N) is 1. The molecule has 0 bridgehead atoms. The molecule has 1 unspecified atom stereocenters. The smallest absolute Gasteiger partial charge is 0.177 e. The summed E-state index contributed by atoms with van der Waals surface area (Å²) >= 11 is 0. The average Bonchev–Trinajstić information content (AvgIpc) is 2.52. The molecule has 2 rings (SSSR count). The number of quaternary nitrogens is 1. The fourth-order valence-electron chi connectivity index (χ4n) is 2.23. The zero-order chi connectivity index (χ0) is 14.9. The highest BCUT2D eigenvalue weighted by molar-refractivity contribution is 5.49. The van der Waals surface area contributed by atoms with Crippen LogP contribution in [0.2, 0.25) is 0 Å². The highest BCUT2D eigenvalue weighted by Crippen LogP contribution is 2.17. The van der Waals surface area contributed by atoms with E-state index in [0.29, 0.717) is 13.0 Å². The van der Waals surface area contributed by atoms with Crippen LogP contribution in [0.3, 0.4) is 0 Å². The minimum atomic E-state index is 0. The second-order valence-corrected chi connectivity index (χ2v) is 4.80. The highest BCUT2D eigenvalue weighted by atomic mass is 79.9. The molecule has 0 aromatic heterocycles. The van der Waals surface area contributed by atoms with Gasteiger partial charge in [0.25, 0.3) is 0 Å². The number of rotatable bonds is 6. The fraction of sp³-hybridized carbons (Fsp3) is 0.167. The Labute approximate surface area is 141 Å². The summed E-state index contributed by atoms with van der Waals surface area (Å²) in [6.07, 6.45) is 4.60. The molecule has 3 nitrogen and oxygen atoms in total. The molecule has 2 N–H and O–H groups in total. The molecule has 1 atom stereocenters. The lowest BCUT2D eigenvalue weighted by Crippen LogP contribution is -3.07. The number of phenolic OH excluding ortho intramolecular Hbond substituents is 1. The predicted molar refractivity (Wildman–Crippen MR) is 84.2 cm³/mol. The number of phenols is 1. The molecule has 0 aliphatic heterocycles. The van der Waals surface area contributed by atoms with E-state index >= 15 is 0 Å². The van der Waals surface area contributed by atoms with Gasteiger partial charge in [0, 0.05) is 6.07 Å². The molecular formula is C18H19BrN2O. The van der Waals surface area contributed by atoms with E-state index in [1.54, 1.807) is 12.1 Å². The van der Waals surface area contributed by atoms with Crippen LogP contribution < -0.4 is 21.9 Å². The molecule has 0 saturated heterocycles. The summed E-state index contributed by atoms with van der Waals surface area (Å²) in [5, 5.41) is 18.8. The van der Waals surface area contributed by atoms with E-state index in [9.17, 15) is 5.11 Å². The van der Waals surface area contributed by atoms with Gasteiger partial charge in [-0.2, -0.15) is 5.26 Å². The van der Waals surface area contributed by atoms with Gasteiger partial charge in [-0.25, -0.2) is 0 Å². The van der Waals surface area contributed by atoms with Crippen molar-refractivity contribution in [3.05, 3.63) is 66.2 Å². The molecule has 2 aromatic rings. The molecule has 2 aromatic carbocycles. The Morgan fingerprint density at radius 2 is 1.73 bits per heavy atom. The van der Waals surface area contributed by atoms with Gasteiger partial charge in [-0.1, -0.05) is 48.5 Å². The van der Waals surface area contributed by atoms with Crippen LogP contribution in [0.5, 0.6) is 5.75 Å². The summed E-state index contributed by atoms with van der Waals surface area (Å²) in [4.78, 5) is 1.09. The fourth-order valence-corrected chi connectivity index (χ4v) is 2.23. The van der Waals surface area contributed by atoms with E-state index < -0.39 is 0 Å². The van der Waals surface area contributed by atoms with Crippen molar-refractivity contribution < 1.29 is 27.0 Å². The minimum absolute atomic E-state index is 0. The SMILES string of the molecule is N#CCC[NH+](CC=Cc1ccccc1)c1ccccc1O.[Br-]. The number of benzene rings is 2. The van der Waals surface area contributed by atoms with Crippen molar-refractivity contribution in [3.63, 3.8) is 0 Å².